The van der Waals surface area contributed by atoms with Crippen LogP contribution < -0.4 is 10.8 Å². The Kier molecular flexibility index (Phi) is 6.69. The summed E-state index contributed by atoms with van der Waals surface area (Å²) in [4.78, 5) is 9.97. The summed E-state index contributed by atoms with van der Waals surface area (Å²) in [5.74, 6) is -1.17. The summed E-state index contributed by atoms with van der Waals surface area (Å²) in [5, 5.41) is 9.97. The number of hydrogen-bond donors (Lipinski definition) is 1. The molecule has 3 N–H and O–H groups in total. The van der Waals surface area contributed by atoms with Gasteiger partial charge in [0, 0.05) is 5.56 Å². The maximum absolute atomic E-state index is 9.97. The minimum absolute atomic E-state index is 0.858. The molecule has 98 valence electrons. The smallest absolute Gasteiger partial charge is 0.0997 e. The Hall–Kier alpha value is -2.39. The highest BCUT2D eigenvalue weighted by atomic mass is 16.4. The number of carbonyl (C=O) groups excluding carboxylic acids is 1. The van der Waals surface area contributed by atoms with Crippen molar-refractivity contribution in [1.82, 2.24) is 0 Å². The minimum Gasteiger partial charge on any atom is -0.545 e. The Morgan fingerprint density at radius 1 is 1.00 bits per heavy atom. The SMILES string of the molecule is O=C([O-])C=Cc1ccccc1.[NH3+]Cc1ccccc1. The first-order valence-electron chi connectivity index (χ1n) is 5.99. The Morgan fingerprint density at radius 2 is 1.53 bits per heavy atom. The third-order valence-corrected chi connectivity index (χ3v) is 2.34. The lowest BCUT2D eigenvalue weighted by Gasteiger charge is -1.91. The van der Waals surface area contributed by atoms with Gasteiger partial charge in [-0.3, -0.25) is 0 Å². The van der Waals surface area contributed by atoms with Gasteiger partial charge in [0.1, 0.15) is 0 Å². The van der Waals surface area contributed by atoms with E-state index in [1.807, 2.05) is 48.5 Å². The molecule has 0 saturated carbocycles. The summed E-state index contributed by atoms with van der Waals surface area (Å²) in [7, 11) is 0. The summed E-state index contributed by atoms with van der Waals surface area (Å²) < 4.78 is 0. The molecule has 2 aromatic carbocycles. The van der Waals surface area contributed by atoms with Crippen molar-refractivity contribution in [2.75, 3.05) is 0 Å². The molecule has 2 rings (SSSR count). The normalized spacial score (nSPS) is 9.74. The molecular formula is C16H17NO2. The van der Waals surface area contributed by atoms with Crippen molar-refractivity contribution in [3.8, 4) is 0 Å². The number of rotatable bonds is 3. The number of hydrogen-bond acceptors (Lipinski definition) is 2. The van der Waals surface area contributed by atoms with E-state index in [0.717, 1.165) is 18.2 Å². The number of benzene rings is 2. The molecule has 0 aliphatic rings. The van der Waals surface area contributed by atoms with E-state index in [4.69, 9.17) is 0 Å². The van der Waals surface area contributed by atoms with Gasteiger partial charge in [-0.05, 0) is 11.6 Å². The second kappa shape index (κ2) is 8.66. The van der Waals surface area contributed by atoms with Gasteiger partial charge in [-0.15, -0.1) is 0 Å². The molecule has 0 aliphatic heterocycles. The Morgan fingerprint density at radius 3 is 1.95 bits per heavy atom. The fraction of sp³-hybridized carbons (Fsp3) is 0.0625. The zero-order valence-electron chi connectivity index (χ0n) is 10.7. The van der Waals surface area contributed by atoms with Crippen molar-refractivity contribution in [2.24, 2.45) is 0 Å². The largest absolute Gasteiger partial charge is 0.545 e. The molecule has 0 aliphatic carbocycles. The summed E-state index contributed by atoms with van der Waals surface area (Å²) in [6.07, 6.45) is 2.50. The van der Waals surface area contributed by atoms with Crippen LogP contribution in [0.2, 0.25) is 0 Å². The highest BCUT2D eigenvalue weighted by Crippen LogP contribution is 1.99. The van der Waals surface area contributed by atoms with Gasteiger partial charge in [0.2, 0.25) is 0 Å². The molecule has 0 saturated heterocycles. The quantitative estimate of drug-likeness (QED) is 0.827. The van der Waals surface area contributed by atoms with E-state index in [1.165, 1.54) is 11.6 Å². The van der Waals surface area contributed by atoms with Crippen molar-refractivity contribution in [1.29, 1.82) is 0 Å². The van der Waals surface area contributed by atoms with E-state index in [1.54, 1.807) is 0 Å². The highest BCUT2D eigenvalue weighted by Gasteiger charge is 1.83. The first-order chi connectivity index (χ1) is 9.22. The van der Waals surface area contributed by atoms with E-state index >= 15 is 0 Å². The van der Waals surface area contributed by atoms with Crippen LogP contribution in [0.4, 0.5) is 0 Å². The van der Waals surface area contributed by atoms with Crippen LogP contribution in [0.15, 0.2) is 66.7 Å². The zero-order valence-corrected chi connectivity index (χ0v) is 10.7. The molecule has 2 aromatic rings. The van der Waals surface area contributed by atoms with Gasteiger partial charge in [0.15, 0.2) is 0 Å². The van der Waals surface area contributed by atoms with Crippen LogP contribution in [0, 0.1) is 0 Å². The predicted molar refractivity (Wildman–Crippen MR) is 73.5 cm³/mol. The lowest BCUT2D eigenvalue weighted by atomic mass is 10.2. The second-order valence-corrected chi connectivity index (χ2v) is 3.80. The monoisotopic (exact) mass is 255 g/mol. The van der Waals surface area contributed by atoms with E-state index in [0.29, 0.717) is 0 Å². The molecule has 0 bridgehead atoms. The summed E-state index contributed by atoms with van der Waals surface area (Å²) in [6.45, 7) is 0.890. The molecule has 3 nitrogen and oxygen atoms in total. The molecule has 0 atom stereocenters. The van der Waals surface area contributed by atoms with E-state index in [2.05, 4.69) is 17.9 Å². The maximum Gasteiger partial charge on any atom is 0.0997 e. The van der Waals surface area contributed by atoms with Gasteiger partial charge in [0.25, 0.3) is 0 Å². The van der Waals surface area contributed by atoms with Crippen LogP contribution in [-0.4, -0.2) is 5.97 Å². The molecule has 0 heterocycles. The van der Waals surface area contributed by atoms with Crippen molar-refractivity contribution in [2.45, 2.75) is 6.54 Å². The molecule has 0 radical (unpaired) electrons. The van der Waals surface area contributed by atoms with Gasteiger partial charge >= 0.3 is 0 Å². The maximum atomic E-state index is 9.97. The number of aliphatic carboxylic acids is 1. The zero-order chi connectivity index (χ0) is 13.9. The molecule has 0 aromatic heterocycles. The van der Waals surface area contributed by atoms with Crippen LogP contribution in [0.25, 0.3) is 6.08 Å². The first-order valence-corrected chi connectivity index (χ1v) is 5.99. The predicted octanol–water partition coefficient (Wildman–Crippen LogP) is 0.878. The molecule has 19 heavy (non-hydrogen) atoms. The van der Waals surface area contributed by atoms with E-state index in [-0.39, 0.29) is 0 Å². The van der Waals surface area contributed by atoms with Crippen LogP contribution in [0.1, 0.15) is 11.1 Å². The number of carbonyl (C=O) groups is 1. The third kappa shape index (κ3) is 6.81. The van der Waals surface area contributed by atoms with Crippen LogP contribution >= 0.6 is 0 Å². The fourth-order valence-corrected chi connectivity index (χ4v) is 1.37. The average molecular weight is 255 g/mol. The van der Waals surface area contributed by atoms with Crippen molar-refractivity contribution in [3.63, 3.8) is 0 Å². The molecule has 3 heteroatoms. The van der Waals surface area contributed by atoms with Gasteiger partial charge in [-0.1, -0.05) is 66.7 Å². The van der Waals surface area contributed by atoms with Crippen molar-refractivity contribution in [3.05, 3.63) is 77.9 Å². The lowest BCUT2D eigenvalue weighted by Crippen LogP contribution is -2.47. The molecule has 0 amide bonds. The van der Waals surface area contributed by atoms with Crippen LogP contribution in [0.3, 0.4) is 0 Å². The van der Waals surface area contributed by atoms with Crippen LogP contribution in [-0.2, 0) is 11.3 Å². The Bertz CT molecular complexity index is 507. The van der Waals surface area contributed by atoms with Crippen molar-refractivity contribution >= 4 is 12.0 Å². The second-order valence-electron chi connectivity index (χ2n) is 3.80. The number of carboxylic acid groups (broad SMARTS) is 1. The van der Waals surface area contributed by atoms with Crippen LogP contribution in [0.5, 0.6) is 0 Å². The Balaban J connectivity index is 0.000000200. The third-order valence-electron chi connectivity index (χ3n) is 2.34. The highest BCUT2D eigenvalue weighted by molar-refractivity contribution is 5.83. The standard InChI is InChI=1S/C9H8O2.C7H9N/c10-9(11)7-6-8-4-2-1-3-5-8;8-6-7-4-2-1-3-5-7/h1-7H,(H,10,11);1-5H,6,8H2. The molecule has 0 unspecified atom stereocenters. The van der Waals surface area contributed by atoms with Gasteiger partial charge in [0.05, 0.1) is 12.5 Å². The topological polar surface area (TPSA) is 67.8 Å². The minimum atomic E-state index is -1.17. The number of carboxylic acids is 1. The molecule has 0 fully saturated rings. The van der Waals surface area contributed by atoms with Gasteiger partial charge in [-0.2, -0.15) is 0 Å². The van der Waals surface area contributed by atoms with E-state index in [9.17, 15) is 9.90 Å². The number of quaternary nitrogens is 1. The summed E-state index contributed by atoms with van der Waals surface area (Å²) in [6, 6.07) is 19.4. The van der Waals surface area contributed by atoms with Crippen molar-refractivity contribution < 1.29 is 15.6 Å². The first kappa shape index (κ1) is 14.7. The fourth-order valence-electron chi connectivity index (χ4n) is 1.37. The van der Waals surface area contributed by atoms with Gasteiger partial charge < -0.3 is 15.6 Å². The van der Waals surface area contributed by atoms with Gasteiger partial charge in [-0.25, -0.2) is 0 Å². The average Bonchev–Trinajstić information content (AvgIpc) is 2.48. The van der Waals surface area contributed by atoms with E-state index < -0.39 is 5.97 Å². The Labute approximate surface area is 113 Å². The summed E-state index contributed by atoms with van der Waals surface area (Å²) >= 11 is 0. The molecule has 0 spiro atoms. The molecular weight excluding hydrogens is 238 g/mol. The lowest BCUT2D eigenvalue weighted by molar-refractivity contribution is -0.386. The summed E-state index contributed by atoms with van der Waals surface area (Å²) in [5.41, 5.74) is 5.91.